The molecule has 0 aliphatic rings. The summed E-state index contributed by atoms with van der Waals surface area (Å²) >= 11 is 0. The molecule has 0 atom stereocenters. The van der Waals surface area contributed by atoms with Gasteiger partial charge in [0.15, 0.2) is 16.9 Å². The Kier molecular flexibility index (Phi) is 3.71. The zero-order chi connectivity index (χ0) is 13.8. The lowest BCUT2D eigenvalue weighted by atomic mass is 10.2. The molecule has 0 saturated heterocycles. The number of aromatic nitrogens is 1. The third-order valence-electron chi connectivity index (χ3n) is 2.79. The van der Waals surface area contributed by atoms with Gasteiger partial charge >= 0.3 is 0 Å². The average Bonchev–Trinajstić information content (AvgIpc) is 2.38. The fraction of sp³-hybridized carbons (Fsp3) is 0.133. The fourth-order valence-corrected chi connectivity index (χ4v) is 1.74. The Morgan fingerprint density at radius 2 is 2.05 bits per heavy atom. The second-order valence-electron chi connectivity index (χ2n) is 4.16. The van der Waals surface area contributed by atoms with Gasteiger partial charge < -0.3 is 14.4 Å². The lowest BCUT2D eigenvalue weighted by molar-refractivity contribution is 0.373. The smallest absolute Gasteiger partial charge is 0.181 e. The van der Waals surface area contributed by atoms with Gasteiger partial charge in [0.25, 0.3) is 0 Å². The molecule has 0 radical (unpaired) electrons. The lowest BCUT2D eigenvalue weighted by Crippen LogP contribution is -2.03. The van der Waals surface area contributed by atoms with Crippen LogP contribution in [-0.2, 0) is 0 Å². The van der Waals surface area contributed by atoms with Crippen LogP contribution in [0, 0.1) is 6.92 Å². The van der Waals surface area contributed by atoms with Crippen LogP contribution in [0.15, 0.2) is 41.3 Å². The van der Waals surface area contributed by atoms with Crippen molar-refractivity contribution in [3.8, 4) is 11.5 Å². The Labute approximate surface area is 111 Å². The zero-order valence-corrected chi connectivity index (χ0v) is 10.8. The summed E-state index contributed by atoms with van der Waals surface area (Å²) in [4.78, 5) is 11.1. The van der Waals surface area contributed by atoms with Crippen molar-refractivity contribution in [2.45, 2.75) is 6.92 Å². The van der Waals surface area contributed by atoms with Crippen molar-refractivity contribution in [3.63, 3.8) is 0 Å². The van der Waals surface area contributed by atoms with Crippen LogP contribution in [0.5, 0.6) is 11.5 Å². The number of pyridine rings is 1. The number of methoxy groups -OCH3 is 1. The fourth-order valence-electron chi connectivity index (χ4n) is 1.74. The van der Waals surface area contributed by atoms with Crippen LogP contribution in [-0.4, -0.2) is 16.8 Å². The number of hydrogen-bond acceptors (Lipinski definition) is 3. The molecule has 98 valence electrons. The van der Waals surface area contributed by atoms with Gasteiger partial charge in [-0.25, -0.2) is 0 Å². The zero-order valence-electron chi connectivity index (χ0n) is 10.8. The van der Waals surface area contributed by atoms with Crippen molar-refractivity contribution in [1.29, 1.82) is 0 Å². The van der Waals surface area contributed by atoms with Crippen LogP contribution in [0.25, 0.3) is 12.3 Å². The van der Waals surface area contributed by atoms with Crippen LogP contribution < -0.4 is 10.2 Å². The van der Waals surface area contributed by atoms with Crippen LogP contribution >= 0.6 is 0 Å². The molecule has 0 aliphatic carbocycles. The lowest BCUT2D eigenvalue weighted by Gasteiger charge is -2.05. The number of rotatable bonds is 3. The number of nitrogens with zero attached hydrogens (tertiary/aromatic N) is 1. The molecule has 4 nitrogen and oxygen atoms in total. The van der Waals surface area contributed by atoms with Gasteiger partial charge in [0.1, 0.15) is 0 Å². The van der Waals surface area contributed by atoms with Gasteiger partial charge in [0.2, 0.25) is 0 Å². The summed E-state index contributed by atoms with van der Waals surface area (Å²) < 4.78 is 6.82. The summed E-state index contributed by atoms with van der Waals surface area (Å²) in [6.07, 6.45) is 5.38. The summed E-state index contributed by atoms with van der Waals surface area (Å²) in [6, 6.07) is 8.23. The molecule has 1 aromatic heterocycles. The number of aromatic hydroxyl groups is 1. The topological polar surface area (TPSA) is 51.5 Å². The molecule has 2 rings (SSSR count). The van der Waals surface area contributed by atoms with Gasteiger partial charge in [0.05, 0.1) is 7.11 Å². The van der Waals surface area contributed by atoms with Crippen molar-refractivity contribution < 1.29 is 9.84 Å². The van der Waals surface area contributed by atoms with Gasteiger partial charge in [0, 0.05) is 30.2 Å². The van der Waals surface area contributed by atoms with E-state index in [0.717, 1.165) is 11.3 Å². The van der Waals surface area contributed by atoms with E-state index in [-0.39, 0.29) is 11.2 Å². The molecule has 0 unspecified atom stereocenters. The number of benzene rings is 1. The van der Waals surface area contributed by atoms with Crippen molar-refractivity contribution in [2.75, 3.05) is 7.11 Å². The highest BCUT2D eigenvalue weighted by atomic mass is 16.5. The molecular formula is C15H15NO3. The minimum absolute atomic E-state index is 0.00996. The summed E-state index contributed by atoms with van der Waals surface area (Å²) in [5, 5.41) is 9.67. The van der Waals surface area contributed by atoms with E-state index in [9.17, 15) is 9.90 Å². The maximum absolute atomic E-state index is 11.1. The molecule has 1 N–H and O–H groups in total. The van der Waals surface area contributed by atoms with Gasteiger partial charge in [-0.15, -0.1) is 0 Å². The average molecular weight is 257 g/mol. The molecule has 0 saturated carbocycles. The second-order valence-corrected chi connectivity index (χ2v) is 4.16. The van der Waals surface area contributed by atoms with Crippen molar-refractivity contribution in [2.24, 2.45) is 0 Å². The van der Waals surface area contributed by atoms with Crippen molar-refractivity contribution in [1.82, 2.24) is 4.57 Å². The van der Waals surface area contributed by atoms with Crippen molar-refractivity contribution >= 4 is 12.3 Å². The number of phenols is 1. The highest BCUT2D eigenvalue weighted by Crippen LogP contribution is 2.26. The molecule has 1 heterocycles. The second kappa shape index (κ2) is 5.44. The molecule has 0 bridgehead atoms. The highest BCUT2D eigenvalue weighted by Gasteiger charge is 2.00. The molecule has 19 heavy (non-hydrogen) atoms. The van der Waals surface area contributed by atoms with Crippen LogP contribution in [0.1, 0.15) is 11.3 Å². The first-order valence-electron chi connectivity index (χ1n) is 5.84. The van der Waals surface area contributed by atoms with E-state index in [2.05, 4.69) is 0 Å². The normalized spacial score (nSPS) is 10.8. The summed E-state index contributed by atoms with van der Waals surface area (Å²) in [6.45, 7) is 1.86. The maximum Gasteiger partial charge on any atom is 0.181 e. The van der Waals surface area contributed by atoms with E-state index in [4.69, 9.17) is 4.74 Å². The van der Waals surface area contributed by atoms with Gasteiger partial charge in [-0.2, -0.15) is 0 Å². The number of aryl methyl sites for hydroxylation is 1. The minimum atomic E-state index is -0.00996. The number of phenolic OH excluding ortho intramolecular Hbond substituents is 1. The monoisotopic (exact) mass is 257 g/mol. The first-order chi connectivity index (χ1) is 9.10. The molecule has 4 heteroatoms. The number of hydrogen-bond donors (Lipinski definition) is 1. The molecule has 0 fully saturated rings. The first kappa shape index (κ1) is 13.0. The van der Waals surface area contributed by atoms with E-state index < -0.39 is 0 Å². The predicted molar refractivity (Wildman–Crippen MR) is 75.3 cm³/mol. The minimum Gasteiger partial charge on any atom is -0.504 e. The summed E-state index contributed by atoms with van der Waals surface area (Å²) in [7, 11) is 1.51. The van der Waals surface area contributed by atoms with Gasteiger partial charge in [-0.1, -0.05) is 6.07 Å². The summed E-state index contributed by atoms with van der Waals surface area (Å²) in [5.74, 6) is 0.540. The predicted octanol–water partition coefficient (Wildman–Crippen LogP) is 2.50. The van der Waals surface area contributed by atoms with Crippen LogP contribution in [0.2, 0.25) is 0 Å². The Morgan fingerprint density at radius 1 is 1.26 bits per heavy atom. The van der Waals surface area contributed by atoms with E-state index in [1.165, 1.54) is 13.2 Å². The third-order valence-corrected chi connectivity index (χ3v) is 2.79. The van der Waals surface area contributed by atoms with Crippen molar-refractivity contribution in [3.05, 3.63) is 58.0 Å². The first-order valence-corrected chi connectivity index (χ1v) is 5.84. The molecule has 0 amide bonds. The van der Waals surface area contributed by atoms with Crippen LogP contribution in [0.4, 0.5) is 0 Å². The van der Waals surface area contributed by atoms with E-state index in [1.807, 2.05) is 29.8 Å². The largest absolute Gasteiger partial charge is 0.504 e. The van der Waals surface area contributed by atoms with E-state index in [1.54, 1.807) is 24.4 Å². The summed E-state index contributed by atoms with van der Waals surface area (Å²) in [5.41, 5.74) is 1.68. The Hall–Kier alpha value is -2.49. The Balaban J connectivity index is 2.27. The van der Waals surface area contributed by atoms with Gasteiger partial charge in [-0.3, -0.25) is 4.79 Å². The molecular weight excluding hydrogens is 242 g/mol. The van der Waals surface area contributed by atoms with Gasteiger partial charge in [-0.05, 0) is 30.7 Å². The molecule has 0 aliphatic heterocycles. The Bertz CT molecular complexity index is 671. The van der Waals surface area contributed by atoms with E-state index >= 15 is 0 Å². The Morgan fingerprint density at radius 3 is 2.68 bits per heavy atom. The number of ether oxygens (including phenoxy) is 1. The van der Waals surface area contributed by atoms with Crippen LogP contribution in [0.3, 0.4) is 0 Å². The highest BCUT2D eigenvalue weighted by molar-refractivity contribution is 5.63. The standard InChI is InChI=1S/C15H15NO3/c1-11-9-13(17)6-8-16(11)7-5-12-3-4-15(19-2)14(18)10-12/h3-10,18H,1-2H3. The SMILES string of the molecule is COc1ccc(C=Cn2ccc(=O)cc2C)cc1O. The maximum atomic E-state index is 11.1. The van der Waals surface area contributed by atoms with E-state index in [0.29, 0.717) is 5.75 Å². The third kappa shape index (κ3) is 3.04. The quantitative estimate of drug-likeness (QED) is 0.919. The molecule has 0 spiro atoms. The molecule has 1 aromatic carbocycles. The molecule has 2 aromatic rings.